The second-order valence-corrected chi connectivity index (χ2v) is 4.80. The quantitative estimate of drug-likeness (QED) is 0.882. The molecular formula is C14H18N2O2S. The first-order valence-electron chi connectivity index (χ1n) is 6.19. The Kier molecular flexibility index (Phi) is 4.76. The molecule has 0 aliphatic rings. The Labute approximate surface area is 117 Å². The molecular weight excluding hydrogens is 260 g/mol. The van der Waals surface area contributed by atoms with Gasteiger partial charge in [-0.1, -0.05) is 6.07 Å². The van der Waals surface area contributed by atoms with Crippen LogP contribution >= 0.6 is 11.3 Å². The van der Waals surface area contributed by atoms with Crippen molar-refractivity contribution in [3.05, 3.63) is 29.3 Å². The zero-order valence-corrected chi connectivity index (χ0v) is 12.2. The minimum Gasteiger partial charge on any atom is -0.493 e. The van der Waals surface area contributed by atoms with Gasteiger partial charge in [-0.05, 0) is 26.1 Å². The fourth-order valence-electron chi connectivity index (χ4n) is 1.83. The van der Waals surface area contributed by atoms with Crippen molar-refractivity contribution in [1.29, 1.82) is 0 Å². The molecule has 0 saturated heterocycles. The monoisotopic (exact) mass is 278 g/mol. The van der Waals surface area contributed by atoms with E-state index >= 15 is 0 Å². The highest BCUT2D eigenvalue weighted by molar-refractivity contribution is 7.13. The van der Waals surface area contributed by atoms with Crippen LogP contribution in [0.4, 0.5) is 0 Å². The van der Waals surface area contributed by atoms with E-state index in [1.54, 1.807) is 18.4 Å². The molecule has 19 heavy (non-hydrogen) atoms. The second-order valence-electron chi connectivity index (χ2n) is 3.94. The summed E-state index contributed by atoms with van der Waals surface area (Å²) in [7, 11) is 3.56. The van der Waals surface area contributed by atoms with Gasteiger partial charge in [-0.25, -0.2) is 4.98 Å². The third-order valence-electron chi connectivity index (χ3n) is 2.63. The van der Waals surface area contributed by atoms with Gasteiger partial charge in [-0.2, -0.15) is 0 Å². The molecule has 1 N–H and O–H groups in total. The van der Waals surface area contributed by atoms with Crippen molar-refractivity contribution in [2.75, 3.05) is 20.8 Å². The largest absolute Gasteiger partial charge is 0.493 e. The predicted octanol–water partition coefficient (Wildman–Crippen LogP) is 2.94. The number of nitrogens with one attached hydrogen (secondary N) is 1. The van der Waals surface area contributed by atoms with Crippen LogP contribution in [0.15, 0.2) is 23.6 Å². The van der Waals surface area contributed by atoms with Crippen molar-refractivity contribution in [2.24, 2.45) is 0 Å². The Hall–Kier alpha value is -1.59. The highest BCUT2D eigenvalue weighted by atomic mass is 32.1. The first kappa shape index (κ1) is 13.8. The molecule has 102 valence electrons. The molecule has 5 heteroatoms. The van der Waals surface area contributed by atoms with Crippen LogP contribution in [0.5, 0.6) is 11.5 Å². The SMILES string of the molecule is CCOc1c(OC)cccc1-c1nc(CNC)cs1. The van der Waals surface area contributed by atoms with Crippen LogP contribution in [0.3, 0.4) is 0 Å². The van der Waals surface area contributed by atoms with E-state index in [2.05, 4.69) is 15.7 Å². The molecule has 0 saturated carbocycles. The van der Waals surface area contributed by atoms with Crippen LogP contribution in [0.2, 0.25) is 0 Å². The summed E-state index contributed by atoms with van der Waals surface area (Å²) in [5.74, 6) is 1.50. The molecule has 1 aromatic carbocycles. The number of benzene rings is 1. The molecule has 0 spiro atoms. The van der Waals surface area contributed by atoms with Crippen LogP contribution in [0, 0.1) is 0 Å². The van der Waals surface area contributed by atoms with Crippen molar-refractivity contribution in [3.8, 4) is 22.1 Å². The van der Waals surface area contributed by atoms with Gasteiger partial charge in [0, 0.05) is 11.9 Å². The summed E-state index contributed by atoms with van der Waals surface area (Å²) in [6.45, 7) is 3.33. The summed E-state index contributed by atoms with van der Waals surface area (Å²) in [5.41, 5.74) is 2.02. The molecule has 4 nitrogen and oxygen atoms in total. The molecule has 1 heterocycles. The lowest BCUT2D eigenvalue weighted by atomic mass is 10.2. The van der Waals surface area contributed by atoms with E-state index in [-0.39, 0.29) is 0 Å². The minimum atomic E-state index is 0.599. The first-order valence-corrected chi connectivity index (χ1v) is 7.07. The summed E-state index contributed by atoms with van der Waals surface area (Å²) >= 11 is 1.62. The molecule has 0 radical (unpaired) electrons. The molecule has 0 amide bonds. The lowest BCUT2D eigenvalue weighted by Crippen LogP contribution is -2.05. The Bertz CT molecular complexity index is 540. The molecule has 0 fully saturated rings. The van der Waals surface area contributed by atoms with E-state index in [1.165, 1.54) is 0 Å². The van der Waals surface area contributed by atoms with Gasteiger partial charge >= 0.3 is 0 Å². The molecule has 0 bridgehead atoms. The molecule has 2 rings (SSSR count). The van der Waals surface area contributed by atoms with Gasteiger partial charge in [-0.3, -0.25) is 0 Å². The van der Waals surface area contributed by atoms with Gasteiger partial charge < -0.3 is 14.8 Å². The van der Waals surface area contributed by atoms with Crippen LogP contribution in [0.1, 0.15) is 12.6 Å². The Balaban J connectivity index is 2.41. The summed E-state index contributed by atoms with van der Waals surface area (Å²) < 4.78 is 11.1. The molecule has 0 atom stereocenters. The van der Waals surface area contributed by atoms with Crippen molar-refractivity contribution in [1.82, 2.24) is 10.3 Å². The number of para-hydroxylation sites is 1. The third kappa shape index (κ3) is 3.05. The Morgan fingerprint density at radius 2 is 2.21 bits per heavy atom. The Morgan fingerprint density at radius 1 is 1.37 bits per heavy atom. The number of ether oxygens (including phenoxy) is 2. The normalized spacial score (nSPS) is 10.5. The lowest BCUT2D eigenvalue weighted by Gasteiger charge is -2.12. The van der Waals surface area contributed by atoms with Crippen LogP contribution in [-0.4, -0.2) is 25.7 Å². The van der Waals surface area contributed by atoms with Crippen molar-refractivity contribution >= 4 is 11.3 Å². The first-order chi connectivity index (χ1) is 9.30. The number of methoxy groups -OCH3 is 1. The van der Waals surface area contributed by atoms with Crippen LogP contribution in [0.25, 0.3) is 10.6 Å². The van der Waals surface area contributed by atoms with Gasteiger partial charge in [0.1, 0.15) is 5.01 Å². The smallest absolute Gasteiger partial charge is 0.171 e. The highest BCUT2D eigenvalue weighted by Crippen LogP contribution is 2.39. The van der Waals surface area contributed by atoms with Gasteiger partial charge in [0.05, 0.1) is 25.0 Å². The van der Waals surface area contributed by atoms with E-state index < -0.39 is 0 Å². The summed E-state index contributed by atoms with van der Waals surface area (Å²) in [6.07, 6.45) is 0. The van der Waals surface area contributed by atoms with Gasteiger partial charge in [0.15, 0.2) is 11.5 Å². The number of aromatic nitrogens is 1. The maximum absolute atomic E-state index is 5.71. The lowest BCUT2D eigenvalue weighted by molar-refractivity contribution is 0.312. The van der Waals surface area contributed by atoms with E-state index in [0.717, 1.165) is 34.3 Å². The van der Waals surface area contributed by atoms with E-state index in [0.29, 0.717) is 6.61 Å². The third-order valence-corrected chi connectivity index (χ3v) is 3.55. The molecule has 1 aromatic heterocycles. The van der Waals surface area contributed by atoms with Gasteiger partial charge in [-0.15, -0.1) is 11.3 Å². The minimum absolute atomic E-state index is 0.599. The highest BCUT2D eigenvalue weighted by Gasteiger charge is 2.14. The topological polar surface area (TPSA) is 43.4 Å². The van der Waals surface area contributed by atoms with Gasteiger partial charge in [0.2, 0.25) is 0 Å². The zero-order chi connectivity index (χ0) is 13.7. The average molecular weight is 278 g/mol. The predicted molar refractivity (Wildman–Crippen MR) is 78.0 cm³/mol. The van der Waals surface area contributed by atoms with Crippen molar-refractivity contribution < 1.29 is 9.47 Å². The van der Waals surface area contributed by atoms with Crippen molar-refractivity contribution in [2.45, 2.75) is 13.5 Å². The van der Waals surface area contributed by atoms with E-state index in [1.807, 2.05) is 32.2 Å². The molecule has 0 unspecified atom stereocenters. The number of thiazole rings is 1. The summed E-state index contributed by atoms with van der Waals surface area (Å²) in [6, 6.07) is 5.86. The second kappa shape index (κ2) is 6.54. The fraction of sp³-hybridized carbons (Fsp3) is 0.357. The summed E-state index contributed by atoms with van der Waals surface area (Å²) in [5, 5.41) is 6.11. The van der Waals surface area contributed by atoms with Crippen molar-refractivity contribution in [3.63, 3.8) is 0 Å². The maximum atomic E-state index is 5.71. The molecule has 2 aromatic rings. The van der Waals surface area contributed by atoms with Gasteiger partial charge in [0.25, 0.3) is 0 Å². The number of nitrogens with zero attached hydrogens (tertiary/aromatic N) is 1. The number of rotatable bonds is 6. The molecule has 0 aliphatic heterocycles. The number of hydrogen-bond acceptors (Lipinski definition) is 5. The maximum Gasteiger partial charge on any atom is 0.171 e. The fourth-order valence-corrected chi connectivity index (χ4v) is 2.67. The Morgan fingerprint density at radius 3 is 2.89 bits per heavy atom. The van der Waals surface area contributed by atoms with Crippen LogP contribution in [-0.2, 0) is 6.54 Å². The van der Waals surface area contributed by atoms with Crippen LogP contribution < -0.4 is 14.8 Å². The number of hydrogen-bond donors (Lipinski definition) is 1. The summed E-state index contributed by atoms with van der Waals surface area (Å²) in [4.78, 5) is 4.61. The van der Waals surface area contributed by atoms with E-state index in [4.69, 9.17) is 9.47 Å². The zero-order valence-electron chi connectivity index (χ0n) is 11.4. The average Bonchev–Trinajstić information content (AvgIpc) is 2.88. The molecule has 0 aliphatic carbocycles. The standard InChI is InChI=1S/C14H18N2O2S/c1-4-18-13-11(6-5-7-12(13)17-3)14-16-10(8-15-2)9-19-14/h5-7,9,15H,4,8H2,1-3H3. The van der Waals surface area contributed by atoms with E-state index in [9.17, 15) is 0 Å².